The van der Waals surface area contributed by atoms with Crippen LogP contribution in [0.25, 0.3) is 21.9 Å². The SMILES string of the molecule is CCc1ccc(-c2c(C(C=O)OC(C)(CF)CF)n(C)c(=O)c3ccc(C)cc23)cc1.CO. The standard InChI is InChI=1S/C25H27F2NO3.CH4O/c1-5-17-7-9-18(10-8-17)22-20-12-16(2)6-11-19(20)24(30)28(4)23(22)21(13-29)31-25(3,14-26)15-27;1-2/h6-13,21H,5,14-15H2,1-4H3;2H,1H3. The van der Waals surface area contributed by atoms with Crippen molar-refractivity contribution in [2.75, 3.05) is 20.5 Å². The van der Waals surface area contributed by atoms with Crippen LogP contribution in [-0.4, -0.2) is 42.0 Å². The number of hydrogen-bond donors (Lipinski definition) is 1. The summed E-state index contributed by atoms with van der Waals surface area (Å²) in [6.45, 7) is 3.03. The van der Waals surface area contributed by atoms with E-state index in [2.05, 4.69) is 6.92 Å². The molecule has 0 bridgehead atoms. The number of carbonyl (C=O) groups is 1. The molecule has 0 radical (unpaired) electrons. The van der Waals surface area contributed by atoms with E-state index in [0.29, 0.717) is 22.6 Å². The third-order valence-corrected chi connectivity index (χ3v) is 5.62. The Morgan fingerprint density at radius 1 is 1.09 bits per heavy atom. The average molecular weight is 460 g/mol. The molecule has 3 aromatic rings. The topological polar surface area (TPSA) is 68.5 Å². The molecule has 1 aromatic heterocycles. The van der Waals surface area contributed by atoms with Gasteiger partial charge in [0.25, 0.3) is 5.56 Å². The van der Waals surface area contributed by atoms with Crippen molar-refractivity contribution in [3.8, 4) is 11.1 Å². The fourth-order valence-electron chi connectivity index (χ4n) is 3.74. The molecule has 5 nitrogen and oxygen atoms in total. The maximum Gasteiger partial charge on any atom is 0.258 e. The number of aromatic nitrogens is 1. The van der Waals surface area contributed by atoms with Crippen LogP contribution in [0.5, 0.6) is 0 Å². The molecule has 1 N–H and O–H groups in total. The van der Waals surface area contributed by atoms with Gasteiger partial charge in [-0.2, -0.15) is 0 Å². The van der Waals surface area contributed by atoms with E-state index in [1.807, 2.05) is 43.3 Å². The van der Waals surface area contributed by atoms with Gasteiger partial charge in [-0.05, 0) is 42.8 Å². The molecule has 1 atom stereocenters. The Labute approximate surface area is 192 Å². The van der Waals surface area contributed by atoms with Gasteiger partial charge in [0, 0.05) is 25.1 Å². The number of fused-ring (bicyclic) bond motifs is 1. The minimum Gasteiger partial charge on any atom is -0.400 e. The van der Waals surface area contributed by atoms with Crippen molar-refractivity contribution in [3.05, 3.63) is 69.6 Å². The lowest BCUT2D eigenvalue weighted by atomic mass is 9.93. The maximum atomic E-state index is 13.5. The van der Waals surface area contributed by atoms with Crippen molar-refractivity contribution >= 4 is 17.1 Å². The van der Waals surface area contributed by atoms with E-state index in [9.17, 15) is 18.4 Å². The summed E-state index contributed by atoms with van der Waals surface area (Å²) in [5.74, 6) is 0. The maximum absolute atomic E-state index is 13.5. The third kappa shape index (κ3) is 5.37. The zero-order valence-electron chi connectivity index (χ0n) is 19.7. The first-order valence-electron chi connectivity index (χ1n) is 10.7. The summed E-state index contributed by atoms with van der Waals surface area (Å²) in [7, 11) is 2.54. The quantitative estimate of drug-likeness (QED) is 0.499. The molecule has 0 aliphatic rings. The van der Waals surface area contributed by atoms with Crippen LogP contribution in [0.1, 0.15) is 36.8 Å². The molecule has 3 rings (SSSR count). The summed E-state index contributed by atoms with van der Waals surface area (Å²) < 4.78 is 34.0. The second-order valence-electron chi connectivity index (χ2n) is 8.12. The molecule has 2 aromatic carbocycles. The van der Waals surface area contributed by atoms with E-state index < -0.39 is 25.1 Å². The number of aliphatic hydroxyl groups is 1. The molecule has 0 spiro atoms. The molecule has 1 unspecified atom stereocenters. The van der Waals surface area contributed by atoms with Gasteiger partial charge in [0.15, 0.2) is 12.4 Å². The lowest BCUT2D eigenvalue weighted by Crippen LogP contribution is -2.37. The van der Waals surface area contributed by atoms with Gasteiger partial charge in [-0.3, -0.25) is 4.79 Å². The molecule has 0 amide bonds. The second kappa shape index (κ2) is 11.3. The zero-order chi connectivity index (χ0) is 24.8. The molecular weight excluding hydrogens is 428 g/mol. The zero-order valence-corrected chi connectivity index (χ0v) is 19.7. The van der Waals surface area contributed by atoms with E-state index in [0.717, 1.165) is 30.2 Å². The summed E-state index contributed by atoms with van der Waals surface area (Å²) in [5, 5.41) is 8.16. The van der Waals surface area contributed by atoms with Crippen LogP contribution in [0.3, 0.4) is 0 Å². The minimum absolute atomic E-state index is 0.274. The van der Waals surface area contributed by atoms with E-state index in [-0.39, 0.29) is 11.3 Å². The Kier molecular flexibility index (Phi) is 9.02. The van der Waals surface area contributed by atoms with Crippen LogP contribution in [0, 0.1) is 6.92 Å². The predicted octanol–water partition coefficient (Wildman–Crippen LogP) is 4.64. The van der Waals surface area contributed by atoms with E-state index in [1.54, 1.807) is 13.1 Å². The Balaban J connectivity index is 0.00000187. The fourth-order valence-corrected chi connectivity index (χ4v) is 3.74. The summed E-state index contributed by atoms with van der Waals surface area (Å²) in [6, 6.07) is 13.3. The largest absolute Gasteiger partial charge is 0.400 e. The number of nitrogens with zero attached hydrogens (tertiary/aromatic N) is 1. The van der Waals surface area contributed by atoms with Gasteiger partial charge < -0.3 is 19.2 Å². The number of halogens is 2. The molecular formula is C26H31F2NO4. The Bertz CT molecular complexity index is 1150. The van der Waals surface area contributed by atoms with Crippen LogP contribution in [0.15, 0.2) is 47.3 Å². The summed E-state index contributed by atoms with van der Waals surface area (Å²) in [6.07, 6.45) is 0.0373. The number of benzene rings is 2. The van der Waals surface area contributed by atoms with Crippen molar-refractivity contribution in [1.82, 2.24) is 4.57 Å². The summed E-state index contributed by atoms with van der Waals surface area (Å²) in [5.41, 5.74) is 1.69. The first-order valence-corrected chi connectivity index (χ1v) is 10.7. The van der Waals surface area contributed by atoms with E-state index in [4.69, 9.17) is 9.84 Å². The first kappa shape index (κ1) is 26.4. The van der Waals surface area contributed by atoms with Gasteiger partial charge in [-0.1, -0.05) is 48.9 Å². The smallest absolute Gasteiger partial charge is 0.258 e. The molecule has 33 heavy (non-hydrogen) atoms. The van der Waals surface area contributed by atoms with Gasteiger partial charge in [0.2, 0.25) is 0 Å². The van der Waals surface area contributed by atoms with Crippen molar-refractivity contribution in [1.29, 1.82) is 0 Å². The Hall–Kier alpha value is -2.90. The lowest BCUT2D eigenvalue weighted by molar-refractivity contribution is -0.139. The summed E-state index contributed by atoms with van der Waals surface area (Å²) >= 11 is 0. The molecule has 0 fully saturated rings. The minimum atomic E-state index is -1.79. The van der Waals surface area contributed by atoms with Crippen LogP contribution < -0.4 is 5.56 Å². The highest BCUT2D eigenvalue weighted by Crippen LogP contribution is 2.36. The number of pyridine rings is 1. The predicted molar refractivity (Wildman–Crippen MR) is 127 cm³/mol. The molecule has 1 heterocycles. The molecule has 0 aliphatic heterocycles. The average Bonchev–Trinajstić information content (AvgIpc) is 2.86. The Morgan fingerprint density at radius 2 is 1.70 bits per heavy atom. The lowest BCUT2D eigenvalue weighted by Gasteiger charge is -2.29. The molecule has 0 saturated heterocycles. The highest BCUT2D eigenvalue weighted by Gasteiger charge is 2.33. The number of hydrogen-bond acceptors (Lipinski definition) is 4. The van der Waals surface area contributed by atoms with Crippen LogP contribution in [0.4, 0.5) is 8.78 Å². The highest BCUT2D eigenvalue weighted by molar-refractivity contribution is 5.98. The Morgan fingerprint density at radius 3 is 2.21 bits per heavy atom. The molecule has 0 saturated carbocycles. The second-order valence-corrected chi connectivity index (χ2v) is 8.12. The van der Waals surface area contributed by atoms with Gasteiger partial charge in [-0.15, -0.1) is 0 Å². The van der Waals surface area contributed by atoms with Crippen molar-refractivity contribution in [3.63, 3.8) is 0 Å². The number of aliphatic hydroxyl groups excluding tert-OH is 1. The van der Waals surface area contributed by atoms with Crippen LogP contribution in [0.2, 0.25) is 0 Å². The highest BCUT2D eigenvalue weighted by atomic mass is 19.1. The van der Waals surface area contributed by atoms with E-state index >= 15 is 0 Å². The first-order chi connectivity index (χ1) is 15.8. The van der Waals surface area contributed by atoms with Crippen LogP contribution in [-0.2, 0) is 23.0 Å². The monoisotopic (exact) mass is 459 g/mol. The third-order valence-electron chi connectivity index (χ3n) is 5.62. The number of aryl methyl sites for hydroxylation is 2. The molecule has 7 heteroatoms. The van der Waals surface area contributed by atoms with Crippen molar-refractivity contribution < 1.29 is 23.4 Å². The van der Waals surface area contributed by atoms with Crippen molar-refractivity contribution in [2.24, 2.45) is 7.05 Å². The number of rotatable bonds is 8. The van der Waals surface area contributed by atoms with Crippen molar-refractivity contribution in [2.45, 2.75) is 38.9 Å². The van der Waals surface area contributed by atoms with Gasteiger partial charge >= 0.3 is 0 Å². The van der Waals surface area contributed by atoms with Gasteiger partial charge in [0.1, 0.15) is 19.0 Å². The number of ether oxygens (including phenoxy) is 1. The van der Waals surface area contributed by atoms with Gasteiger partial charge in [-0.25, -0.2) is 8.78 Å². The summed E-state index contributed by atoms with van der Waals surface area (Å²) in [4.78, 5) is 25.2. The number of alkyl halides is 2. The van der Waals surface area contributed by atoms with E-state index in [1.165, 1.54) is 11.5 Å². The molecule has 0 aliphatic carbocycles. The molecule has 178 valence electrons. The van der Waals surface area contributed by atoms with Gasteiger partial charge in [0.05, 0.1) is 5.69 Å². The number of carbonyl (C=O) groups excluding carboxylic acids is 1. The van der Waals surface area contributed by atoms with Crippen LogP contribution >= 0.6 is 0 Å². The normalized spacial score (nSPS) is 12.2. The number of aldehydes is 1. The fraction of sp³-hybridized carbons (Fsp3) is 0.385.